The molecule has 0 aromatic heterocycles. The number of ether oxygens (including phenoxy) is 2. The van der Waals surface area contributed by atoms with Crippen LogP contribution in [0.4, 0.5) is 0 Å². The van der Waals surface area contributed by atoms with E-state index in [-0.39, 0.29) is 6.04 Å². The molecule has 19 heavy (non-hydrogen) atoms. The van der Waals surface area contributed by atoms with E-state index in [4.69, 9.17) is 26.8 Å². The van der Waals surface area contributed by atoms with Gasteiger partial charge in [-0.2, -0.15) is 0 Å². The van der Waals surface area contributed by atoms with E-state index >= 15 is 0 Å². The number of nitrogens with two attached hydrogens (primary N) is 1. The van der Waals surface area contributed by atoms with Crippen molar-refractivity contribution in [2.24, 2.45) is 5.73 Å². The van der Waals surface area contributed by atoms with Gasteiger partial charge in [0.15, 0.2) is 0 Å². The highest BCUT2D eigenvalue weighted by Gasteiger charge is 2.25. The Balaban J connectivity index is 2.30. The predicted octanol–water partition coefficient (Wildman–Crippen LogP) is 2.07. The maximum Gasteiger partial charge on any atom is 0.125 e. The smallest absolute Gasteiger partial charge is 0.125 e. The molecule has 2 rings (SSSR count). The van der Waals surface area contributed by atoms with Crippen LogP contribution in [0.1, 0.15) is 18.0 Å². The fraction of sp³-hybridized carbons (Fsp3) is 0.571. The van der Waals surface area contributed by atoms with Gasteiger partial charge in [-0.05, 0) is 18.6 Å². The number of hydrogen-bond acceptors (Lipinski definition) is 4. The molecule has 0 saturated carbocycles. The molecule has 1 unspecified atom stereocenters. The molecular formula is C14H21ClN2O2. The van der Waals surface area contributed by atoms with Crippen molar-refractivity contribution >= 4 is 11.6 Å². The number of methoxy groups -OCH3 is 1. The molecule has 2 N–H and O–H groups in total. The van der Waals surface area contributed by atoms with Gasteiger partial charge in [0.05, 0.1) is 19.8 Å². The van der Waals surface area contributed by atoms with Crippen molar-refractivity contribution in [3.8, 4) is 5.75 Å². The third-order valence-corrected chi connectivity index (χ3v) is 3.82. The van der Waals surface area contributed by atoms with E-state index in [9.17, 15) is 0 Å². The van der Waals surface area contributed by atoms with Crippen molar-refractivity contribution in [1.29, 1.82) is 0 Å². The molecule has 1 aromatic carbocycles. The minimum Gasteiger partial charge on any atom is -0.496 e. The summed E-state index contributed by atoms with van der Waals surface area (Å²) in [7, 11) is 1.66. The molecule has 106 valence electrons. The van der Waals surface area contributed by atoms with Crippen LogP contribution in [0.2, 0.25) is 5.02 Å². The Morgan fingerprint density at radius 1 is 1.42 bits per heavy atom. The number of halogens is 1. The van der Waals surface area contributed by atoms with E-state index in [0.717, 1.165) is 44.0 Å². The summed E-state index contributed by atoms with van der Waals surface area (Å²) in [4.78, 5) is 2.33. The van der Waals surface area contributed by atoms with Gasteiger partial charge in [-0.25, -0.2) is 0 Å². The molecule has 1 saturated heterocycles. The third-order valence-electron chi connectivity index (χ3n) is 3.49. The van der Waals surface area contributed by atoms with E-state index in [1.165, 1.54) is 0 Å². The SMILES string of the molecule is COc1cccc(Cl)c1C(CN)N1CCCOCC1. The Kier molecular flexibility index (Phi) is 5.45. The lowest BCUT2D eigenvalue weighted by Crippen LogP contribution is -2.36. The minimum absolute atomic E-state index is 0.0744. The van der Waals surface area contributed by atoms with Crippen molar-refractivity contribution in [3.05, 3.63) is 28.8 Å². The highest BCUT2D eigenvalue weighted by Crippen LogP contribution is 2.35. The van der Waals surface area contributed by atoms with Crippen LogP contribution in [-0.4, -0.2) is 44.9 Å². The highest BCUT2D eigenvalue weighted by atomic mass is 35.5. The fourth-order valence-electron chi connectivity index (χ4n) is 2.55. The van der Waals surface area contributed by atoms with Crippen LogP contribution in [0.3, 0.4) is 0 Å². The number of hydrogen-bond donors (Lipinski definition) is 1. The third kappa shape index (κ3) is 3.39. The average molecular weight is 285 g/mol. The molecule has 0 spiro atoms. The summed E-state index contributed by atoms with van der Waals surface area (Å²) in [6.07, 6.45) is 1.02. The van der Waals surface area contributed by atoms with Gasteiger partial charge < -0.3 is 15.2 Å². The number of rotatable bonds is 4. The van der Waals surface area contributed by atoms with E-state index in [1.807, 2.05) is 18.2 Å². The number of benzene rings is 1. The quantitative estimate of drug-likeness (QED) is 0.919. The molecule has 1 aliphatic heterocycles. The Hall–Kier alpha value is -0.810. The summed E-state index contributed by atoms with van der Waals surface area (Å²) in [5.41, 5.74) is 6.96. The van der Waals surface area contributed by atoms with Crippen LogP contribution in [-0.2, 0) is 4.74 Å². The second kappa shape index (κ2) is 7.10. The highest BCUT2D eigenvalue weighted by molar-refractivity contribution is 6.31. The largest absolute Gasteiger partial charge is 0.496 e. The molecule has 1 atom stereocenters. The first kappa shape index (κ1) is 14.6. The zero-order valence-corrected chi connectivity index (χ0v) is 12.0. The maximum absolute atomic E-state index is 6.35. The van der Waals surface area contributed by atoms with Gasteiger partial charge in [0.2, 0.25) is 0 Å². The fourth-order valence-corrected chi connectivity index (χ4v) is 2.84. The van der Waals surface area contributed by atoms with Gasteiger partial charge >= 0.3 is 0 Å². The lowest BCUT2D eigenvalue weighted by molar-refractivity contribution is 0.132. The summed E-state index contributed by atoms with van der Waals surface area (Å²) in [5.74, 6) is 0.799. The van der Waals surface area contributed by atoms with E-state index in [2.05, 4.69) is 4.90 Å². The van der Waals surface area contributed by atoms with Gasteiger partial charge in [-0.1, -0.05) is 17.7 Å². The van der Waals surface area contributed by atoms with Gasteiger partial charge in [-0.3, -0.25) is 4.90 Å². The lowest BCUT2D eigenvalue weighted by atomic mass is 10.0. The van der Waals surface area contributed by atoms with Crippen LogP contribution in [0.15, 0.2) is 18.2 Å². The van der Waals surface area contributed by atoms with Crippen LogP contribution >= 0.6 is 11.6 Å². The van der Waals surface area contributed by atoms with Gasteiger partial charge in [0.25, 0.3) is 0 Å². The van der Waals surface area contributed by atoms with Crippen molar-refractivity contribution in [2.75, 3.05) is 40.0 Å². The minimum atomic E-state index is 0.0744. The summed E-state index contributed by atoms with van der Waals surface area (Å²) in [6.45, 7) is 3.91. The first-order valence-corrected chi connectivity index (χ1v) is 7.00. The Morgan fingerprint density at radius 2 is 2.26 bits per heavy atom. The van der Waals surface area contributed by atoms with E-state index in [1.54, 1.807) is 7.11 Å². The maximum atomic E-state index is 6.35. The Morgan fingerprint density at radius 3 is 3.00 bits per heavy atom. The molecule has 0 bridgehead atoms. The lowest BCUT2D eigenvalue weighted by Gasteiger charge is -2.31. The topological polar surface area (TPSA) is 47.7 Å². The molecule has 0 aliphatic carbocycles. The standard InChI is InChI=1S/C14H21ClN2O2/c1-18-13-5-2-4-11(15)14(13)12(10-16)17-6-3-8-19-9-7-17/h2,4-5,12H,3,6-10,16H2,1H3. The van der Waals surface area contributed by atoms with Crippen molar-refractivity contribution in [1.82, 2.24) is 4.90 Å². The van der Waals surface area contributed by atoms with Crippen molar-refractivity contribution in [3.63, 3.8) is 0 Å². The van der Waals surface area contributed by atoms with E-state index in [0.29, 0.717) is 11.6 Å². The first-order chi connectivity index (χ1) is 9.27. The molecule has 5 heteroatoms. The van der Waals surface area contributed by atoms with Gasteiger partial charge in [0.1, 0.15) is 5.75 Å². The second-order valence-electron chi connectivity index (χ2n) is 4.61. The molecule has 1 aliphatic rings. The molecule has 1 aromatic rings. The zero-order valence-electron chi connectivity index (χ0n) is 11.3. The average Bonchev–Trinajstić information content (AvgIpc) is 2.70. The first-order valence-electron chi connectivity index (χ1n) is 6.62. The molecule has 4 nitrogen and oxygen atoms in total. The molecule has 0 amide bonds. The summed E-state index contributed by atoms with van der Waals surface area (Å²) >= 11 is 6.35. The van der Waals surface area contributed by atoms with Crippen molar-refractivity contribution < 1.29 is 9.47 Å². The Bertz CT molecular complexity index is 406. The van der Waals surface area contributed by atoms with E-state index < -0.39 is 0 Å². The second-order valence-corrected chi connectivity index (χ2v) is 5.02. The molecule has 1 fully saturated rings. The van der Waals surface area contributed by atoms with Crippen LogP contribution < -0.4 is 10.5 Å². The summed E-state index contributed by atoms with van der Waals surface area (Å²) in [5, 5.41) is 0.708. The monoisotopic (exact) mass is 284 g/mol. The van der Waals surface area contributed by atoms with Crippen molar-refractivity contribution in [2.45, 2.75) is 12.5 Å². The molecule has 0 radical (unpaired) electrons. The molecule has 1 heterocycles. The van der Waals surface area contributed by atoms with Crippen LogP contribution in [0, 0.1) is 0 Å². The summed E-state index contributed by atoms with van der Waals surface area (Å²) < 4.78 is 10.9. The Labute approximate surface area is 119 Å². The summed E-state index contributed by atoms with van der Waals surface area (Å²) in [6, 6.07) is 5.78. The van der Waals surface area contributed by atoms with Gasteiger partial charge in [-0.15, -0.1) is 0 Å². The molecular weight excluding hydrogens is 264 g/mol. The van der Waals surface area contributed by atoms with Crippen LogP contribution in [0.25, 0.3) is 0 Å². The normalized spacial score (nSPS) is 18.9. The van der Waals surface area contributed by atoms with Gasteiger partial charge in [0, 0.05) is 36.8 Å². The zero-order chi connectivity index (χ0) is 13.7. The van der Waals surface area contributed by atoms with Crippen LogP contribution in [0.5, 0.6) is 5.75 Å². The predicted molar refractivity (Wildman–Crippen MR) is 76.8 cm³/mol. The number of nitrogens with zero attached hydrogens (tertiary/aromatic N) is 1.